The first-order chi connectivity index (χ1) is 52.6. The lowest BCUT2D eigenvalue weighted by molar-refractivity contribution is 1.16. The quantitative estimate of drug-likeness (QED) is 0.144. The molecule has 0 N–H and O–H groups in total. The van der Waals surface area contributed by atoms with Crippen LogP contribution in [0.15, 0.2) is 376 Å². The Morgan fingerprint density at radius 3 is 1.07 bits per heavy atom. The van der Waals surface area contributed by atoms with Gasteiger partial charge < -0.3 is 18.3 Å². The highest BCUT2D eigenvalue weighted by atomic mass is 15.0. The smallest absolute Gasteiger partial charge is 0.160 e. The van der Waals surface area contributed by atoms with Gasteiger partial charge in [0.2, 0.25) is 0 Å². The maximum Gasteiger partial charge on any atom is 0.160 e. The molecule has 0 radical (unpaired) electrons. The second-order valence-corrected chi connectivity index (χ2v) is 27.2. The van der Waals surface area contributed by atoms with Crippen LogP contribution in [0, 0.1) is 0 Å². The second kappa shape index (κ2) is 24.7. The number of hydrogen-bond acceptors (Lipinski definition) is 4. The third-order valence-electron chi connectivity index (χ3n) is 21.2. The van der Waals surface area contributed by atoms with Gasteiger partial charge in [-0.1, -0.05) is 237 Å². The van der Waals surface area contributed by atoms with E-state index in [-0.39, 0.29) is 0 Å². The Kier molecular flexibility index (Phi) is 14.1. The summed E-state index contributed by atoms with van der Waals surface area (Å²) in [5, 5.41) is 13.5. The Balaban J connectivity index is 0.000000136. The van der Waals surface area contributed by atoms with Crippen molar-refractivity contribution in [3.05, 3.63) is 376 Å². The van der Waals surface area contributed by atoms with Crippen molar-refractivity contribution in [2.24, 2.45) is 0 Å². The first-order valence-electron chi connectivity index (χ1n) is 36.0. The number of aromatic nitrogens is 8. The van der Waals surface area contributed by atoms with Gasteiger partial charge >= 0.3 is 0 Å². The zero-order chi connectivity index (χ0) is 69.8. The minimum absolute atomic E-state index is 0.715. The number of fused-ring (bicyclic) bond motifs is 16. The summed E-state index contributed by atoms with van der Waals surface area (Å²) in [6.45, 7) is 0. The monoisotopic (exact) mass is 1350 g/mol. The van der Waals surface area contributed by atoms with Crippen LogP contribution in [0.3, 0.4) is 0 Å². The third kappa shape index (κ3) is 9.91. The molecule has 16 aromatic carbocycles. The molecule has 494 valence electrons. The molecule has 0 aliphatic rings. The fraction of sp³-hybridized carbons (Fsp3) is 0. The van der Waals surface area contributed by atoms with E-state index in [0.29, 0.717) is 5.82 Å². The first-order valence-corrected chi connectivity index (χ1v) is 36.0. The molecule has 0 saturated heterocycles. The highest BCUT2D eigenvalue weighted by Crippen LogP contribution is 2.44. The zero-order valence-electron chi connectivity index (χ0n) is 57.4. The summed E-state index contributed by atoms with van der Waals surface area (Å²) >= 11 is 0. The fourth-order valence-electron chi connectivity index (χ4n) is 16.4. The summed E-state index contributed by atoms with van der Waals surface area (Å²) in [6.07, 6.45) is 0. The minimum atomic E-state index is 0.715. The fourth-order valence-corrected chi connectivity index (χ4v) is 16.4. The maximum absolute atomic E-state index is 5.13. The molecule has 8 heteroatoms. The topological polar surface area (TPSA) is 71.3 Å². The van der Waals surface area contributed by atoms with Crippen LogP contribution < -0.4 is 0 Å². The number of rotatable bonds is 9. The second-order valence-electron chi connectivity index (χ2n) is 27.2. The maximum atomic E-state index is 5.13. The molecule has 0 fully saturated rings. The predicted molar refractivity (Wildman–Crippen MR) is 441 cm³/mol. The molecule has 22 rings (SSSR count). The Morgan fingerprint density at radius 1 is 0.170 bits per heavy atom. The lowest BCUT2D eigenvalue weighted by atomic mass is 10.0. The van der Waals surface area contributed by atoms with Crippen molar-refractivity contribution in [1.82, 2.24) is 38.2 Å². The van der Waals surface area contributed by atoms with Crippen LogP contribution in [0.4, 0.5) is 0 Å². The van der Waals surface area contributed by atoms with Crippen molar-refractivity contribution in [2.45, 2.75) is 0 Å². The van der Waals surface area contributed by atoms with Gasteiger partial charge in [0.1, 0.15) is 0 Å². The van der Waals surface area contributed by atoms with Gasteiger partial charge in [-0.05, 0) is 161 Å². The molecule has 0 amide bonds. The summed E-state index contributed by atoms with van der Waals surface area (Å²) < 4.78 is 9.56. The van der Waals surface area contributed by atoms with Crippen LogP contribution in [0.25, 0.3) is 199 Å². The molecule has 0 spiro atoms. The van der Waals surface area contributed by atoms with E-state index in [2.05, 4.69) is 346 Å². The van der Waals surface area contributed by atoms with E-state index >= 15 is 0 Å². The van der Waals surface area contributed by atoms with Crippen molar-refractivity contribution >= 4 is 120 Å². The van der Waals surface area contributed by atoms with Crippen molar-refractivity contribution < 1.29 is 0 Å². The Labute approximate surface area is 609 Å². The van der Waals surface area contributed by atoms with Gasteiger partial charge in [-0.25, -0.2) is 19.9 Å². The Bertz CT molecular complexity index is 7220. The van der Waals surface area contributed by atoms with Gasteiger partial charge in [0, 0.05) is 93.5 Å². The number of nitrogens with zero attached hydrogens (tertiary/aromatic N) is 8. The van der Waals surface area contributed by atoms with Gasteiger partial charge in [0.25, 0.3) is 0 Å². The van der Waals surface area contributed by atoms with Gasteiger partial charge in [-0.2, -0.15) is 0 Å². The standard InChI is InChI=1S/C50H32N4.C48H30N4/c1-3-13-33(14-4-1)49-50(52-44-20-10-9-19-43(44)51-49)34-23-27-38(28-24-34)54-46-22-12-8-18-40(46)42-32-36(26-30-48(42)54)35-25-29-47-41(31-35)39-17-7-11-21-45(39)53(47)37-15-5-2-6-16-37;1-3-14-32(15-4-1)47-38-20-9-11-21-41(38)49-48(50-47)33-23-26-35(27-24-33)51-42-22-12-10-19-37(42)39-29-40-45(30-44(39)51)52(34-16-5-2-6-17-34)43-28-25-31-13-7-8-18-36(31)46(40)43/h1-32H;1-30H. The summed E-state index contributed by atoms with van der Waals surface area (Å²) in [6, 6.07) is 134. The van der Waals surface area contributed by atoms with Gasteiger partial charge in [-0.15, -0.1) is 0 Å². The average Bonchev–Trinajstić information content (AvgIpc) is 1.30. The predicted octanol–water partition coefficient (Wildman–Crippen LogP) is 25.1. The summed E-state index contributed by atoms with van der Waals surface area (Å²) in [5.74, 6) is 0.715. The molecule has 106 heavy (non-hydrogen) atoms. The van der Waals surface area contributed by atoms with Crippen LogP contribution in [-0.2, 0) is 0 Å². The number of para-hydroxylation sites is 8. The highest BCUT2D eigenvalue weighted by Gasteiger charge is 2.23. The van der Waals surface area contributed by atoms with E-state index in [1.165, 1.54) is 115 Å². The molecule has 0 atom stereocenters. The summed E-state index contributed by atoms with van der Waals surface area (Å²) in [4.78, 5) is 20.4. The van der Waals surface area contributed by atoms with E-state index in [1.54, 1.807) is 0 Å². The normalized spacial score (nSPS) is 11.8. The largest absolute Gasteiger partial charge is 0.309 e. The molecule has 0 unspecified atom stereocenters. The lowest BCUT2D eigenvalue weighted by Gasteiger charge is -2.12. The van der Waals surface area contributed by atoms with Crippen LogP contribution in [0.2, 0.25) is 0 Å². The molecular weight excluding hydrogens is 1290 g/mol. The molecule has 22 aromatic rings. The first kappa shape index (κ1) is 60.4. The Morgan fingerprint density at radius 2 is 0.528 bits per heavy atom. The molecule has 0 saturated carbocycles. The zero-order valence-corrected chi connectivity index (χ0v) is 57.4. The minimum Gasteiger partial charge on any atom is -0.309 e. The van der Waals surface area contributed by atoms with E-state index in [4.69, 9.17) is 19.9 Å². The van der Waals surface area contributed by atoms with Crippen LogP contribution in [-0.4, -0.2) is 38.2 Å². The van der Waals surface area contributed by atoms with Crippen molar-refractivity contribution in [2.75, 3.05) is 0 Å². The van der Waals surface area contributed by atoms with Crippen LogP contribution in [0.5, 0.6) is 0 Å². The van der Waals surface area contributed by atoms with Crippen molar-refractivity contribution in [3.8, 4) is 79.0 Å². The lowest BCUT2D eigenvalue weighted by Crippen LogP contribution is -1.97. The molecule has 0 aliphatic carbocycles. The molecule has 0 aliphatic heterocycles. The Hall–Kier alpha value is -14.3. The molecular formula is C98H62N8. The third-order valence-corrected chi connectivity index (χ3v) is 21.2. The van der Waals surface area contributed by atoms with Crippen molar-refractivity contribution in [3.63, 3.8) is 0 Å². The van der Waals surface area contributed by atoms with Crippen LogP contribution >= 0.6 is 0 Å². The summed E-state index contributed by atoms with van der Waals surface area (Å²) in [5.41, 5.74) is 25.9. The van der Waals surface area contributed by atoms with Gasteiger partial charge in [0.05, 0.1) is 77.8 Å². The van der Waals surface area contributed by atoms with Gasteiger partial charge in [-0.3, -0.25) is 0 Å². The van der Waals surface area contributed by atoms with Crippen LogP contribution in [0.1, 0.15) is 0 Å². The number of benzene rings is 16. The summed E-state index contributed by atoms with van der Waals surface area (Å²) in [7, 11) is 0. The van der Waals surface area contributed by atoms with Gasteiger partial charge in [0.15, 0.2) is 5.82 Å². The average molecular weight is 1350 g/mol. The number of hydrogen-bond donors (Lipinski definition) is 0. The van der Waals surface area contributed by atoms with E-state index < -0.39 is 0 Å². The van der Waals surface area contributed by atoms with Crippen molar-refractivity contribution in [1.29, 1.82) is 0 Å². The molecule has 8 nitrogen and oxygen atoms in total. The molecule has 6 heterocycles. The molecule has 6 aromatic heterocycles. The van der Waals surface area contributed by atoms with E-state index in [9.17, 15) is 0 Å². The van der Waals surface area contributed by atoms with E-state index in [0.717, 1.165) is 78.3 Å². The molecule has 0 bridgehead atoms. The van der Waals surface area contributed by atoms with E-state index in [1.807, 2.05) is 48.5 Å². The highest BCUT2D eigenvalue weighted by molar-refractivity contribution is 6.25. The SMILES string of the molecule is c1ccc(-c2nc(-c3ccc(-n4c5ccccc5c5cc6c7c8ccccc8ccc7n(-c7ccccc7)c6cc54)cc3)nc3ccccc23)cc1.c1ccc(-c2nc3ccccc3nc2-c2ccc(-n3c4ccccc4c4cc(-c5ccc6c(c5)c5ccccc5n6-c5ccccc5)ccc43)cc2)cc1.